The van der Waals surface area contributed by atoms with Crippen LogP contribution >= 0.6 is 11.6 Å². The Morgan fingerprint density at radius 2 is 1.39 bits per heavy atom. The number of rotatable bonds is 12. The van der Waals surface area contributed by atoms with Crippen LogP contribution in [0.3, 0.4) is 0 Å². The zero-order valence-corrected chi connectivity index (χ0v) is 36.9. The topological polar surface area (TPSA) is 40.5 Å². The molecule has 308 valence electrons. The quantitative estimate of drug-likeness (QED) is 0.125. The number of benzene rings is 6. The van der Waals surface area contributed by atoms with Crippen LogP contribution in [0.25, 0.3) is 21.5 Å². The van der Waals surface area contributed by atoms with Crippen LogP contribution in [0.5, 0.6) is 0 Å². The SMILES string of the molecule is C=C(/C=C/C1=C(Cl)C(=C/C=C2/N(CCC(=O)O)c3ccc4ccccc4c3C2(C)Cc2ccccc2)/CC(C)(C)C1)C(C)(Cc1ccccc1)c1c(C)ccc2ccccc12. The Morgan fingerprint density at radius 1 is 0.787 bits per heavy atom. The molecule has 0 saturated carbocycles. The van der Waals surface area contributed by atoms with E-state index in [1.807, 2.05) is 0 Å². The Balaban J connectivity index is 1.23. The minimum absolute atomic E-state index is 0.0234. The monoisotopic (exact) mass is 821 g/mol. The molecule has 2 aliphatic rings. The largest absolute Gasteiger partial charge is 0.481 e. The summed E-state index contributed by atoms with van der Waals surface area (Å²) in [4.78, 5) is 14.4. The summed E-state index contributed by atoms with van der Waals surface area (Å²) in [6, 6.07) is 47.4. The molecule has 3 nitrogen and oxygen atoms in total. The maximum Gasteiger partial charge on any atom is 0.305 e. The molecule has 0 bridgehead atoms. The van der Waals surface area contributed by atoms with Crippen LogP contribution in [-0.2, 0) is 28.5 Å². The number of aliphatic carboxylic acids is 1. The summed E-state index contributed by atoms with van der Waals surface area (Å²) in [5.41, 5.74) is 10.7. The van der Waals surface area contributed by atoms with E-state index in [-0.39, 0.29) is 11.8 Å². The summed E-state index contributed by atoms with van der Waals surface area (Å²) >= 11 is 7.53. The van der Waals surface area contributed by atoms with E-state index in [1.165, 1.54) is 49.4 Å². The number of nitrogens with zero attached hydrogens (tertiary/aromatic N) is 1. The molecule has 8 rings (SSSR count). The van der Waals surface area contributed by atoms with Gasteiger partial charge in [-0.1, -0.05) is 185 Å². The van der Waals surface area contributed by atoms with Gasteiger partial charge >= 0.3 is 5.97 Å². The predicted molar refractivity (Wildman–Crippen MR) is 258 cm³/mol. The molecular formula is C57H56ClNO2. The third-order valence-electron chi connectivity index (χ3n) is 13.2. The van der Waals surface area contributed by atoms with Gasteiger partial charge in [-0.2, -0.15) is 0 Å². The number of hydrogen-bond donors (Lipinski definition) is 1. The van der Waals surface area contributed by atoms with Gasteiger partial charge in [-0.3, -0.25) is 4.79 Å². The van der Waals surface area contributed by atoms with Crippen molar-refractivity contribution < 1.29 is 9.90 Å². The average molecular weight is 823 g/mol. The van der Waals surface area contributed by atoms with E-state index in [1.54, 1.807) is 0 Å². The van der Waals surface area contributed by atoms with Gasteiger partial charge in [-0.25, -0.2) is 0 Å². The van der Waals surface area contributed by atoms with E-state index in [0.717, 1.165) is 58.8 Å². The average Bonchev–Trinajstić information content (AvgIpc) is 3.48. The first-order valence-electron chi connectivity index (χ1n) is 21.5. The summed E-state index contributed by atoms with van der Waals surface area (Å²) in [6.07, 6.45) is 12.1. The second-order valence-electron chi connectivity index (χ2n) is 18.4. The first-order chi connectivity index (χ1) is 29.3. The minimum atomic E-state index is -0.815. The normalized spacial score (nSPS) is 19.9. The molecule has 1 N–H and O–H groups in total. The van der Waals surface area contributed by atoms with Crippen LogP contribution in [0, 0.1) is 12.3 Å². The Labute approximate surface area is 367 Å². The number of anilines is 1. The molecule has 0 fully saturated rings. The molecule has 61 heavy (non-hydrogen) atoms. The molecule has 0 amide bonds. The highest BCUT2D eigenvalue weighted by molar-refractivity contribution is 6.32. The second kappa shape index (κ2) is 16.9. The summed E-state index contributed by atoms with van der Waals surface area (Å²) in [5, 5.41) is 15.6. The zero-order valence-electron chi connectivity index (χ0n) is 36.1. The first kappa shape index (κ1) is 41.8. The molecule has 6 aromatic rings. The summed E-state index contributed by atoms with van der Waals surface area (Å²) in [5.74, 6) is -0.815. The van der Waals surface area contributed by atoms with Crippen molar-refractivity contribution in [2.75, 3.05) is 11.4 Å². The van der Waals surface area contributed by atoms with Crippen molar-refractivity contribution in [2.24, 2.45) is 5.41 Å². The van der Waals surface area contributed by atoms with E-state index in [4.69, 9.17) is 18.2 Å². The molecule has 2 unspecified atom stereocenters. The number of carboxylic acid groups (broad SMARTS) is 1. The van der Waals surface area contributed by atoms with Crippen LogP contribution in [-0.4, -0.2) is 17.6 Å². The van der Waals surface area contributed by atoms with Crippen LogP contribution in [0.4, 0.5) is 5.69 Å². The standard InChI is InChI=1S/C57H56ClNO2/c1-39-25-27-43-21-13-15-23-47(43)52(39)56(5,35-41-17-9-7-10-18-41)40(2)26-28-45-37-55(3,4)38-46(54(45)58)30-32-50-57(6,36-42-19-11-8-12-20-42)53-48-24-16-14-22-44(48)29-31-49(53)59(50)34-33-51(60)61/h7-32H,2,33-38H2,1,3-6H3,(H,60,61)/b28-26+,46-30+,50-32+. The molecular weight excluding hydrogens is 766 g/mol. The van der Waals surface area contributed by atoms with E-state index in [0.29, 0.717) is 6.54 Å². The minimum Gasteiger partial charge on any atom is -0.481 e. The van der Waals surface area contributed by atoms with Crippen LogP contribution < -0.4 is 4.90 Å². The van der Waals surface area contributed by atoms with Crippen molar-refractivity contribution in [3.63, 3.8) is 0 Å². The van der Waals surface area contributed by atoms with Gasteiger partial charge in [-0.05, 0) is 123 Å². The Hall–Kier alpha value is -5.90. The molecule has 0 saturated heterocycles. The third kappa shape index (κ3) is 8.29. The van der Waals surface area contributed by atoms with Crippen molar-refractivity contribution in [2.45, 2.75) is 77.6 Å². The highest BCUT2D eigenvalue weighted by Gasteiger charge is 2.45. The van der Waals surface area contributed by atoms with Gasteiger partial charge in [0.25, 0.3) is 0 Å². The molecule has 6 aromatic carbocycles. The van der Waals surface area contributed by atoms with E-state index >= 15 is 0 Å². The summed E-state index contributed by atoms with van der Waals surface area (Å²) in [6.45, 7) is 16.7. The summed E-state index contributed by atoms with van der Waals surface area (Å²) in [7, 11) is 0. The first-order valence-corrected chi connectivity index (χ1v) is 21.9. The maximum absolute atomic E-state index is 12.1. The van der Waals surface area contributed by atoms with Gasteiger partial charge in [0.1, 0.15) is 0 Å². The zero-order chi connectivity index (χ0) is 42.9. The van der Waals surface area contributed by atoms with E-state index in [2.05, 4.69) is 197 Å². The predicted octanol–water partition coefficient (Wildman–Crippen LogP) is 14.5. The number of halogens is 1. The van der Waals surface area contributed by atoms with Crippen molar-refractivity contribution in [1.29, 1.82) is 0 Å². The Kier molecular flexibility index (Phi) is 11.6. The third-order valence-corrected chi connectivity index (χ3v) is 13.7. The molecule has 1 aliphatic heterocycles. The highest BCUT2D eigenvalue weighted by atomic mass is 35.5. The van der Waals surface area contributed by atoms with Crippen LogP contribution in [0.2, 0.25) is 0 Å². The highest BCUT2D eigenvalue weighted by Crippen LogP contribution is 2.53. The van der Waals surface area contributed by atoms with Gasteiger partial charge in [0.2, 0.25) is 0 Å². The van der Waals surface area contributed by atoms with Crippen LogP contribution in [0.15, 0.2) is 192 Å². The Morgan fingerprint density at radius 3 is 2.08 bits per heavy atom. The molecule has 0 aromatic heterocycles. The lowest BCUT2D eigenvalue weighted by Gasteiger charge is -2.35. The van der Waals surface area contributed by atoms with Crippen molar-refractivity contribution in [3.8, 4) is 0 Å². The number of hydrogen-bond acceptors (Lipinski definition) is 2. The number of fused-ring (bicyclic) bond motifs is 4. The van der Waals surface area contributed by atoms with Crippen LogP contribution in [0.1, 0.15) is 74.8 Å². The number of carbonyl (C=O) groups is 1. The lowest BCUT2D eigenvalue weighted by atomic mass is 9.68. The van der Waals surface area contributed by atoms with E-state index < -0.39 is 16.8 Å². The lowest BCUT2D eigenvalue weighted by Crippen LogP contribution is -2.32. The fourth-order valence-electron chi connectivity index (χ4n) is 10.3. The smallest absolute Gasteiger partial charge is 0.305 e. The van der Waals surface area contributed by atoms with Gasteiger partial charge in [0.15, 0.2) is 0 Å². The van der Waals surface area contributed by atoms with Crippen molar-refractivity contribution in [3.05, 3.63) is 220 Å². The summed E-state index contributed by atoms with van der Waals surface area (Å²) < 4.78 is 0. The molecule has 2 atom stereocenters. The number of carboxylic acids is 1. The van der Waals surface area contributed by atoms with Gasteiger partial charge in [-0.15, -0.1) is 0 Å². The van der Waals surface area contributed by atoms with Crippen molar-refractivity contribution in [1.82, 2.24) is 0 Å². The Bertz CT molecular complexity index is 2770. The fraction of sp³-hybridized carbons (Fsp3) is 0.246. The molecule has 1 aliphatic carbocycles. The van der Waals surface area contributed by atoms with Gasteiger partial charge in [0, 0.05) is 33.8 Å². The number of aryl methyl sites for hydroxylation is 1. The molecule has 4 heteroatoms. The molecule has 0 spiro atoms. The molecule has 0 radical (unpaired) electrons. The van der Waals surface area contributed by atoms with Gasteiger partial charge < -0.3 is 10.0 Å². The van der Waals surface area contributed by atoms with E-state index in [9.17, 15) is 9.90 Å². The fourth-order valence-corrected chi connectivity index (χ4v) is 10.5. The lowest BCUT2D eigenvalue weighted by molar-refractivity contribution is -0.136. The van der Waals surface area contributed by atoms with Gasteiger partial charge in [0.05, 0.1) is 6.42 Å². The number of allylic oxidation sites excluding steroid dienone is 9. The molecule has 1 heterocycles. The maximum atomic E-state index is 12.1. The second-order valence-corrected chi connectivity index (χ2v) is 18.8. The van der Waals surface area contributed by atoms with Crippen molar-refractivity contribution >= 4 is 44.8 Å².